The number of methoxy groups -OCH3 is 2. The molecule has 6 heteroatoms. The molecule has 3 aromatic rings. The molecule has 0 spiro atoms. The molecule has 0 radical (unpaired) electrons. The summed E-state index contributed by atoms with van der Waals surface area (Å²) in [7, 11) is 3.10. The lowest BCUT2D eigenvalue weighted by Gasteiger charge is -2.08. The van der Waals surface area contributed by atoms with Crippen LogP contribution in [0.1, 0.15) is 15.9 Å². The summed E-state index contributed by atoms with van der Waals surface area (Å²) in [6.07, 6.45) is 1.48. The summed E-state index contributed by atoms with van der Waals surface area (Å²) in [5, 5.41) is 15.7. The van der Waals surface area contributed by atoms with Crippen LogP contribution in [0.2, 0.25) is 0 Å². The summed E-state index contributed by atoms with van der Waals surface area (Å²) in [5.74, 6) is 0.608. The summed E-state index contributed by atoms with van der Waals surface area (Å²) in [6.45, 7) is 0. The Balaban J connectivity index is 1.77. The van der Waals surface area contributed by atoms with Crippen molar-refractivity contribution >= 4 is 22.9 Å². The number of aromatic hydroxyl groups is 1. The van der Waals surface area contributed by atoms with Crippen molar-refractivity contribution in [2.24, 2.45) is 5.10 Å². The Morgan fingerprint density at radius 2 is 1.81 bits per heavy atom. The lowest BCUT2D eigenvalue weighted by Crippen LogP contribution is -2.17. The second-order valence-corrected chi connectivity index (χ2v) is 5.50. The zero-order valence-corrected chi connectivity index (χ0v) is 14.4. The Morgan fingerprint density at radius 3 is 2.58 bits per heavy atom. The Morgan fingerprint density at radius 1 is 1.04 bits per heavy atom. The van der Waals surface area contributed by atoms with Gasteiger partial charge >= 0.3 is 0 Å². The van der Waals surface area contributed by atoms with Crippen molar-refractivity contribution in [2.45, 2.75) is 0 Å². The Bertz CT molecular complexity index is 983. The monoisotopic (exact) mass is 350 g/mol. The second-order valence-electron chi connectivity index (χ2n) is 5.50. The van der Waals surface area contributed by atoms with E-state index in [-0.39, 0.29) is 11.3 Å². The first-order chi connectivity index (χ1) is 12.6. The quantitative estimate of drug-likeness (QED) is 0.546. The third-order valence-electron chi connectivity index (χ3n) is 3.93. The third-order valence-corrected chi connectivity index (χ3v) is 3.93. The van der Waals surface area contributed by atoms with Gasteiger partial charge in [0.15, 0.2) is 11.5 Å². The van der Waals surface area contributed by atoms with Gasteiger partial charge in [0.05, 0.1) is 26.0 Å². The van der Waals surface area contributed by atoms with E-state index in [2.05, 4.69) is 10.5 Å². The molecule has 1 amide bonds. The molecule has 0 heterocycles. The summed E-state index contributed by atoms with van der Waals surface area (Å²) < 4.78 is 10.4. The number of phenolic OH excluding ortho intramolecular Hbond substituents is 1. The number of rotatable bonds is 5. The molecule has 0 aliphatic carbocycles. The van der Waals surface area contributed by atoms with Crippen LogP contribution in [0.3, 0.4) is 0 Å². The highest BCUT2D eigenvalue weighted by molar-refractivity contribution is 6.03. The van der Waals surface area contributed by atoms with Gasteiger partial charge in [-0.05, 0) is 35.2 Å². The number of hydrazone groups is 1. The van der Waals surface area contributed by atoms with Gasteiger partial charge in [-0.2, -0.15) is 5.10 Å². The number of ether oxygens (including phenoxy) is 2. The first kappa shape index (κ1) is 17.3. The fourth-order valence-electron chi connectivity index (χ4n) is 2.60. The molecule has 26 heavy (non-hydrogen) atoms. The van der Waals surface area contributed by atoms with Crippen molar-refractivity contribution in [3.8, 4) is 17.2 Å². The highest BCUT2D eigenvalue weighted by Crippen LogP contribution is 2.28. The van der Waals surface area contributed by atoms with E-state index in [1.807, 2.05) is 12.1 Å². The zero-order chi connectivity index (χ0) is 18.5. The molecule has 0 bridgehead atoms. The van der Waals surface area contributed by atoms with Crippen LogP contribution < -0.4 is 14.9 Å². The highest BCUT2D eigenvalue weighted by atomic mass is 16.5. The maximum absolute atomic E-state index is 12.3. The van der Waals surface area contributed by atoms with Gasteiger partial charge in [0.2, 0.25) is 0 Å². The molecule has 0 atom stereocenters. The number of hydrogen-bond acceptors (Lipinski definition) is 5. The maximum Gasteiger partial charge on any atom is 0.275 e. The van der Waals surface area contributed by atoms with E-state index >= 15 is 0 Å². The van der Waals surface area contributed by atoms with Crippen LogP contribution in [0, 0.1) is 0 Å². The molecule has 132 valence electrons. The smallest absolute Gasteiger partial charge is 0.275 e. The number of nitrogens with one attached hydrogen (secondary N) is 1. The van der Waals surface area contributed by atoms with Gasteiger partial charge in [0.25, 0.3) is 5.91 Å². The van der Waals surface area contributed by atoms with Crippen molar-refractivity contribution in [3.05, 3.63) is 65.7 Å². The van der Waals surface area contributed by atoms with Crippen molar-refractivity contribution < 1.29 is 19.4 Å². The Hall–Kier alpha value is -3.54. The van der Waals surface area contributed by atoms with Crippen molar-refractivity contribution in [2.75, 3.05) is 14.2 Å². The summed E-state index contributed by atoms with van der Waals surface area (Å²) in [5.41, 5.74) is 3.31. The zero-order valence-electron chi connectivity index (χ0n) is 14.4. The normalized spacial score (nSPS) is 10.8. The summed E-state index contributed by atoms with van der Waals surface area (Å²) >= 11 is 0. The number of phenols is 1. The number of carbonyl (C=O) groups is 1. The number of benzene rings is 3. The molecular weight excluding hydrogens is 332 g/mol. The van der Waals surface area contributed by atoms with Crippen LogP contribution in [0.5, 0.6) is 17.2 Å². The number of hydrogen-bond donors (Lipinski definition) is 2. The van der Waals surface area contributed by atoms with Gasteiger partial charge in [-0.1, -0.05) is 30.3 Å². The Labute approximate surface area is 150 Å². The highest BCUT2D eigenvalue weighted by Gasteiger charge is 2.13. The molecule has 0 aliphatic heterocycles. The summed E-state index contributed by atoms with van der Waals surface area (Å²) in [4.78, 5) is 12.3. The van der Waals surface area contributed by atoms with Gasteiger partial charge < -0.3 is 14.6 Å². The number of amides is 1. The summed E-state index contributed by atoms with van der Waals surface area (Å²) in [6, 6.07) is 15.9. The van der Waals surface area contributed by atoms with Crippen molar-refractivity contribution in [1.82, 2.24) is 5.43 Å². The lowest BCUT2D eigenvalue weighted by atomic mass is 10.1. The largest absolute Gasteiger partial charge is 0.506 e. The SMILES string of the molecule is COc1ccc(/C=N\NC(=O)c2ccc3ccccc3c2O)cc1OC. The number of carbonyl (C=O) groups excluding carboxylic acids is 1. The first-order valence-corrected chi connectivity index (χ1v) is 7.90. The molecule has 0 aromatic heterocycles. The minimum Gasteiger partial charge on any atom is -0.506 e. The standard InChI is InChI=1S/C20H18N2O4/c1-25-17-10-7-13(11-18(17)26-2)12-21-22-20(24)16-9-8-14-5-3-4-6-15(14)19(16)23/h3-12,23H,1-2H3,(H,22,24)/b21-12-. The molecule has 3 rings (SSSR count). The minimum atomic E-state index is -0.495. The van der Waals surface area contributed by atoms with Crippen LogP contribution in [0.15, 0.2) is 59.7 Å². The fraction of sp³-hybridized carbons (Fsp3) is 0.100. The van der Waals surface area contributed by atoms with Crippen LogP contribution in [-0.4, -0.2) is 31.4 Å². The molecule has 0 unspecified atom stereocenters. The number of fused-ring (bicyclic) bond motifs is 1. The topological polar surface area (TPSA) is 80.2 Å². The number of nitrogens with zero attached hydrogens (tertiary/aromatic N) is 1. The molecule has 0 fully saturated rings. The van der Waals surface area contributed by atoms with E-state index < -0.39 is 5.91 Å². The minimum absolute atomic E-state index is 0.0677. The lowest BCUT2D eigenvalue weighted by molar-refractivity contribution is 0.0952. The van der Waals surface area contributed by atoms with Crippen LogP contribution >= 0.6 is 0 Å². The van der Waals surface area contributed by atoms with Crippen LogP contribution in [0.25, 0.3) is 10.8 Å². The molecule has 0 saturated carbocycles. The van der Waals surface area contributed by atoms with E-state index in [9.17, 15) is 9.90 Å². The Kier molecular flexibility index (Phi) is 5.03. The average molecular weight is 350 g/mol. The molecule has 3 aromatic carbocycles. The molecular formula is C20H18N2O4. The van der Waals surface area contributed by atoms with Gasteiger partial charge in [-0.15, -0.1) is 0 Å². The van der Waals surface area contributed by atoms with Crippen LogP contribution in [0.4, 0.5) is 0 Å². The molecule has 2 N–H and O–H groups in total. The second kappa shape index (κ2) is 7.57. The van der Waals surface area contributed by atoms with E-state index in [4.69, 9.17) is 9.47 Å². The van der Waals surface area contributed by atoms with Crippen molar-refractivity contribution in [1.29, 1.82) is 0 Å². The van der Waals surface area contributed by atoms with Gasteiger partial charge in [0, 0.05) is 5.39 Å². The molecule has 0 aliphatic rings. The van der Waals surface area contributed by atoms with E-state index in [0.717, 1.165) is 10.9 Å². The van der Waals surface area contributed by atoms with Gasteiger partial charge in [0.1, 0.15) is 5.75 Å². The maximum atomic E-state index is 12.3. The van der Waals surface area contributed by atoms with Crippen molar-refractivity contribution in [3.63, 3.8) is 0 Å². The predicted molar refractivity (Wildman–Crippen MR) is 100 cm³/mol. The first-order valence-electron chi connectivity index (χ1n) is 7.90. The van der Waals surface area contributed by atoms with Gasteiger partial charge in [-0.3, -0.25) is 4.79 Å². The predicted octanol–water partition coefficient (Wildman–Crippen LogP) is 3.33. The molecule has 6 nitrogen and oxygen atoms in total. The van der Waals surface area contributed by atoms with Crippen LogP contribution in [-0.2, 0) is 0 Å². The van der Waals surface area contributed by atoms with Gasteiger partial charge in [-0.25, -0.2) is 5.43 Å². The van der Waals surface area contributed by atoms with E-state index in [0.29, 0.717) is 16.9 Å². The van der Waals surface area contributed by atoms with E-state index in [1.54, 1.807) is 56.7 Å². The molecule has 0 saturated heterocycles. The van der Waals surface area contributed by atoms with E-state index in [1.165, 1.54) is 6.21 Å². The third kappa shape index (κ3) is 3.44. The fourth-order valence-corrected chi connectivity index (χ4v) is 2.60. The average Bonchev–Trinajstić information content (AvgIpc) is 2.68.